The Balaban J connectivity index is 1.92. The Morgan fingerprint density at radius 3 is 1.29 bits per heavy atom. The molecule has 2 aromatic rings. The normalized spacial score (nSPS) is 15.2. The highest BCUT2D eigenvalue weighted by atomic mass is 16.2. The lowest BCUT2D eigenvalue weighted by atomic mass is 9.89. The number of amides is 2. The fraction of sp³-hybridized carbons (Fsp3) is 0.440. The summed E-state index contributed by atoms with van der Waals surface area (Å²) < 4.78 is 0. The largest absolute Gasteiger partial charge is 0.354 e. The minimum atomic E-state index is -0.763. The number of rotatable bonds is 10. The Morgan fingerprint density at radius 1 is 0.677 bits per heavy atom. The summed E-state index contributed by atoms with van der Waals surface area (Å²) in [5.41, 5.74) is 0.355. The average Bonchev–Trinajstić information content (AvgIpc) is 2.78. The maximum absolute atomic E-state index is 13.0. The Kier molecular flexibility index (Phi) is 8.36. The highest BCUT2D eigenvalue weighted by Gasteiger charge is 2.38. The molecule has 2 unspecified atom stereocenters. The van der Waals surface area contributed by atoms with Gasteiger partial charge in [0, 0.05) is 13.1 Å². The summed E-state index contributed by atoms with van der Waals surface area (Å²) >= 11 is 0. The summed E-state index contributed by atoms with van der Waals surface area (Å²) in [6, 6.07) is 19.5. The number of benzene rings is 2. The van der Waals surface area contributed by atoms with Crippen molar-refractivity contribution in [3.63, 3.8) is 0 Å². The summed E-state index contributed by atoms with van der Waals surface area (Å²) in [5.74, 6) is -0.116. The molecular formula is C25H36N4O2. The minimum Gasteiger partial charge on any atom is -0.354 e. The second kappa shape index (κ2) is 10.6. The van der Waals surface area contributed by atoms with Gasteiger partial charge in [-0.1, -0.05) is 60.7 Å². The number of carbonyl (C=O) groups is 2. The molecule has 2 atom stereocenters. The van der Waals surface area contributed by atoms with Gasteiger partial charge >= 0.3 is 0 Å². The maximum Gasteiger partial charge on any atom is 0.244 e. The van der Waals surface area contributed by atoms with Gasteiger partial charge in [-0.15, -0.1) is 0 Å². The van der Waals surface area contributed by atoms with Crippen molar-refractivity contribution in [2.24, 2.45) is 0 Å². The van der Waals surface area contributed by atoms with Crippen molar-refractivity contribution < 1.29 is 9.59 Å². The molecule has 0 saturated carbocycles. The first-order valence-electron chi connectivity index (χ1n) is 10.7. The zero-order valence-corrected chi connectivity index (χ0v) is 19.6. The molecule has 31 heavy (non-hydrogen) atoms. The molecule has 2 amide bonds. The van der Waals surface area contributed by atoms with E-state index in [9.17, 15) is 9.59 Å². The van der Waals surface area contributed by atoms with Crippen molar-refractivity contribution >= 4 is 11.8 Å². The van der Waals surface area contributed by atoms with Crippen molar-refractivity contribution in [2.45, 2.75) is 31.3 Å². The molecule has 0 aromatic heterocycles. The van der Waals surface area contributed by atoms with Crippen molar-refractivity contribution in [2.75, 3.05) is 41.3 Å². The van der Waals surface area contributed by atoms with Gasteiger partial charge in [-0.05, 0) is 59.6 Å². The van der Waals surface area contributed by atoms with Gasteiger partial charge in [-0.25, -0.2) is 0 Å². The molecule has 2 rings (SSSR count). The van der Waals surface area contributed by atoms with Crippen LogP contribution < -0.4 is 10.6 Å². The van der Waals surface area contributed by atoms with Gasteiger partial charge in [0.1, 0.15) is 11.1 Å². The fourth-order valence-corrected chi connectivity index (χ4v) is 3.55. The van der Waals surface area contributed by atoms with Crippen LogP contribution in [0.15, 0.2) is 60.7 Å². The molecule has 0 aliphatic heterocycles. The molecule has 0 saturated heterocycles. The Hall–Kier alpha value is -2.70. The quantitative estimate of drug-likeness (QED) is 0.576. The standard InChI is InChI=1S/C25H36N4O2/c1-24(28(3)4,20-14-9-7-10-15-20)22(30)26-18-13-19-27-23(31)25(2,29(5)6)21-16-11-8-12-17-21/h7-12,14-17H,13,18-19H2,1-6H3,(H,26,30)(H,27,31). The number of likely N-dealkylation sites (N-methyl/N-ethyl adjacent to an activating group) is 2. The van der Waals surface area contributed by atoms with Crippen LogP contribution in [0.5, 0.6) is 0 Å². The van der Waals surface area contributed by atoms with Crippen LogP contribution in [0.2, 0.25) is 0 Å². The predicted octanol–water partition coefficient (Wildman–Crippen LogP) is 2.56. The van der Waals surface area contributed by atoms with Gasteiger partial charge in [0.2, 0.25) is 11.8 Å². The molecule has 0 aliphatic carbocycles. The van der Waals surface area contributed by atoms with E-state index in [0.717, 1.165) is 11.1 Å². The number of nitrogens with zero attached hydrogens (tertiary/aromatic N) is 2. The number of hydrogen-bond donors (Lipinski definition) is 2. The van der Waals surface area contributed by atoms with Crippen molar-refractivity contribution in [1.82, 2.24) is 20.4 Å². The molecule has 2 aromatic carbocycles. The van der Waals surface area contributed by atoms with Crippen LogP contribution in [0.1, 0.15) is 31.4 Å². The van der Waals surface area contributed by atoms with Crippen LogP contribution in [0.3, 0.4) is 0 Å². The van der Waals surface area contributed by atoms with Gasteiger partial charge in [0.25, 0.3) is 0 Å². The van der Waals surface area contributed by atoms with Crippen molar-refractivity contribution in [3.05, 3.63) is 71.8 Å². The summed E-state index contributed by atoms with van der Waals surface area (Å²) in [4.78, 5) is 29.8. The molecular weight excluding hydrogens is 388 g/mol. The number of hydrogen-bond acceptors (Lipinski definition) is 4. The second-order valence-electron chi connectivity index (χ2n) is 8.53. The molecule has 0 spiro atoms. The fourth-order valence-electron chi connectivity index (χ4n) is 3.55. The lowest BCUT2D eigenvalue weighted by Gasteiger charge is -2.36. The SMILES string of the molecule is CN(C)C(C)(C(=O)NCCCNC(=O)C(C)(c1ccccc1)N(C)C)c1ccccc1. The van der Waals surface area contributed by atoms with Crippen LogP contribution in [0.25, 0.3) is 0 Å². The first-order chi connectivity index (χ1) is 14.6. The van der Waals surface area contributed by atoms with E-state index in [4.69, 9.17) is 0 Å². The molecule has 0 fully saturated rings. The van der Waals surface area contributed by atoms with Gasteiger partial charge < -0.3 is 10.6 Å². The highest BCUT2D eigenvalue weighted by molar-refractivity contribution is 5.88. The molecule has 0 heterocycles. The minimum absolute atomic E-state index is 0.0579. The van der Waals surface area contributed by atoms with E-state index >= 15 is 0 Å². The van der Waals surface area contributed by atoms with Crippen LogP contribution in [0.4, 0.5) is 0 Å². The van der Waals surface area contributed by atoms with E-state index in [-0.39, 0.29) is 11.8 Å². The highest BCUT2D eigenvalue weighted by Crippen LogP contribution is 2.27. The third kappa shape index (κ3) is 5.32. The number of carbonyl (C=O) groups excluding carboxylic acids is 2. The van der Waals surface area contributed by atoms with E-state index in [2.05, 4.69) is 10.6 Å². The summed E-state index contributed by atoms with van der Waals surface area (Å²) in [6.45, 7) is 4.81. The lowest BCUT2D eigenvalue weighted by Crippen LogP contribution is -2.53. The Morgan fingerprint density at radius 2 is 1.00 bits per heavy atom. The van der Waals surface area contributed by atoms with Crippen LogP contribution >= 0.6 is 0 Å². The molecule has 0 aliphatic rings. The van der Waals surface area contributed by atoms with Gasteiger partial charge in [-0.2, -0.15) is 0 Å². The first-order valence-corrected chi connectivity index (χ1v) is 10.7. The lowest BCUT2D eigenvalue weighted by molar-refractivity contribution is -0.131. The summed E-state index contributed by atoms with van der Waals surface area (Å²) in [7, 11) is 7.61. The van der Waals surface area contributed by atoms with Crippen molar-refractivity contribution in [3.8, 4) is 0 Å². The van der Waals surface area contributed by atoms with Crippen molar-refractivity contribution in [1.29, 1.82) is 0 Å². The van der Waals surface area contributed by atoms with Gasteiger partial charge in [-0.3, -0.25) is 19.4 Å². The topological polar surface area (TPSA) is 64.7 Å². The summed E-state index contributed by atoms with van der Waals surface area (Å²) in [6.07, 6.45) is 0.647. The third-order valence-electron chi connectivity index (χ3n) is 6.27. The van der Waals surface area contributed by atoms with E-state index in [1.807, 2.05) is 113 Å². The first kappa shape index (κ1) is 24.6. The van der Waals surface area contributed by atoms with E-state index < -0.39 is 11.1 Å². The molecule has 0 bridgehead atoms. The molecule has 6 nitrogen and oxygen atoms in total. The van der Waals surface area contributed by atoms with Gasteiger partial charge in [0.05, 0.1) is 0 Å². The van der Waals surface area contributed by atoms with Crippen LogP contribution in [-0.4, -0.2) is 62.9 Å². The van der Waals surface area contributed by atoms with E-state index in [0.29, 0.717) is 19.5 Å². The van der Waals surface area contributed by atoms with E-state index in [1.165, 1.54) is 0 Å². The van der Waals surface area contributed by atoms with Crippen LogP contribution in [-0.2, 0) is 20.7 Å². The second-order valence-corrected chi connectivity index (χ2v) is 8.53. The molecule has 0 radical (unpaired) electrons. The predicted molar refractivity (Wildman–Crippen MR) is 126 cm³/mol. The van der Waals surface area contributed by atoms with Crippen LogP contribution in [0, 0.1) is 0 Å². The average molecular weight is 425 g/mol. The van der Waals surface area contributed by atoms with Gasteiger partial charge in [0.15, 0.2) is 0 Å². The summed E-state index contributed by atoms with van der Waals surface area (Å²) in [5, 5.41) is 6.06. The van der Waals surface area contributed by atoms with E-state index in [1.54, 1.807) is 0 Å². The zero-order valence-electron chi connectivity index (χ0n) is 19.6. The smallest absolute Gasteiger partial charge is 0.244 e. The Labute approximate surface area is 186 Å². The molecule has 6 heteroatoms. The number of nitrogens with one attached hydrogen (secondary N) is 2. The third-order valence-corrected chi connectivity index (χ3v) is 6.27. The molecule has 2 N–H and O–H groups in total. The monoisotopic (exact) mass is 424 g/mol. The maximum atomic E-state index is 13.0. The zero-order chi connectivity index (χ0) is 23.1. The molecule has 168 valence electrons. The Bertz CT molecular complexity index is 783.